The van der Waals surface area contributed by atoms with Crippen LogP contribution in [-0.2, 0) is 9.47 Å². The lowest BCUT2D eigenvalue weighted by Crippen LogP contribution is -2.51. The number of nitrogens with one attached hydrogen (secondary N) is 1. The van der Waals surface area contributed by atoms with Crippen LogP contribution in [-0.4, -0.2) is 49.2 Å². The number of aliphatic hydroxyl groups excluding tert-OH is 1. The van der Waals surface area contributed by atoms with Gasteiger partial charge in [0.1, 0.15) is 0 Å². The summed E-state index contributed by atoms with van der Waals surface area (Å²) in [6.45, 7) is 4.22. The third-order valence-corrected chi connectivity index (χ3v) is 3.48. The largest absolute Gasteiger partial charge is 0.394 e. The Bertz CT molecular complexity index is 227. The van der Waals surface area contributed by atoms with Crippen LogP contribution < -0.4 is 5.32 Å². The summed E-state index contributed by atoms with van der Waals surface area (Å²) in [5.41, 5.74) is -0.296. The lowest BCUT2D eigenvalue weighted by Gasteiger charge is -2.30. The molecule has 2 fully saturated rings. The van der Waals surface area contributed by atoms with Crippen molar-refractivity contribution in [1.82, 2.24) is 5.32 Å². The molecule has 4 nitrogen and oxygen atoms in total. The molecule has 0 amide bonds. The first-order valence-corrected chi connectivity index (χ1v) is 6.80. The Labute approximate surface area is 104 Å². The van der Waals surface area contributed by atoms with Gasteiger partial charge in [-0.15, -0.1) is 0 Å². The van der Waals surface area contributed by atoms with Crippen molar-refractivity contribution in [2.24, 2.45) is 0 Å². The summed E-state index contributed by atoms with van der Waals surface area (Å²) in [7, 11) is 0. The van der Waals surface area contributed by atoms with E-state index in [1.165, 1.54) is 25.7 Å². The third-order valence-electron chi connectivity index (χ3n) is 3.48. The van der Waals surface area contributed by atoms with Crippen molar-refractivity contribution in [2.45, 2.75) is 56.7 Å². The molecule has 0 bridgehead atoms. The molecular formula is C13H25NO3. The maximum atomic E-state index is 9.43. The highest BCUT2D eigenvalue weighted by Gasteiger charge is 2.32. The zero-order chi connectivity index (χ0) is 12.1. The highest BCUT2D eigenvalue weighted by Crippen LogP contribution is 2.22. The minimum Gasteiger partial charge on any atom is -0.394 e. The van der Waals surface area contributed by atoms with Gasteiger partial charge >= 0.3 is 0 Å². The maximum Gasteiger partial charge on any atom is 0.0808 e. The van der Waals surface area contributed by atoms with E-state index < -0.39 is 0 Å². The Morgan fingerprint density at radius 1 is 1.35 bits per heavy atom. The van der Waals surface area contributed by atoms with Gasteiger partial charge < -0.3 is 19.9 Å². The smallest absolute Gasteiger partial charge is 0.0808 e. The highest BCUT2D eigenvalue weighted by molar-refractivity contribution is 4.92. The molecule has 100 valence electrons. The van der Waals surface area contributed by atoms with E-state index in [2.05, 4.69) is 5.32 Å². The van der Waals surface area contributed by atoms with Crippen molar-refractivity contribution >= 4 is 0 Å². The summed E-state index contributed by atoms with van der Waals surface area (Å²) in [6, 6.07) is 0.585. The van der Waals surface area contributed by atoms with Crippen molar-refractivity contribution in [1.29, 1.82) is 0 Å². The molecular weight excluding hydrogens is 218 g/mol. The van der Waals surface area contributed by atoms with Crippen LogP contribution in [0.5, 0.6) is 0 Å². The molecule has 0 aromatic rings. The summed E-state index contributed by atoms with van der Waals surface area (Å²) in [5, 5.41) is 12.9. The molecule has 0 spiro atoms. The molecule has 1 saturated carbocycles. The van der Waals surface area contributed by atoms with Gasteiger partial charge in [-0.25, -0.2) is 0 Å². The summed E-state index contributed by atoms with van der Waals surface area (Å²) >= 11 is 0. The molecule has 17 heavy (non-hydrogen) atoms. The molecule has 1 heterocycles. The molecule has 1 aliphatic carbocycles. The molecule has 2 aliphatic rings. The first-order chi connectivity index (χ1) is 8.22. The Balaban J connectivity index is 1.64. The van der Waals surface area contributed by atoms with Crippen LogP contribution in [0.15, 0.2) is 0 Å². The van der Waals surface area contributed by atoms with E-state index in [0.717, 1.165) is 13.0 Å². The maximum absolute atomic E-state index is 9.43. The number of hydrogen-bond acceptors (Lipinski definition) is 4. The van der Waals surface area contributed by atoms with E-state index in [0.29, 0.717) is 19.3 Å². The zero-order valence-electron chi connectivity index (χ0n) is 10.8. The molecule has 1 saturated heterocycles. The first-order valence-electron chi connectivity index (χ1n) is 6.80. The normalized spacial score (nSPS) is 28.9. The third kappa shape index (κ3) is 4.54. The predicted octanol–water partition coefficient (Wildman–Crippen LogP) is 1.08. The van der Waals surface area contributed by atoms with Gasteiger partial charge in [-0.2, -0.15) is 0 Å². The Morgan fingerprint density at radius 3 is 2.76 bits per heavy atom. The molecule has 0 radical (unpaired) electrons. The SMILES string of the molecule is CC(CO)(COCC1CCCCO1)NC1CC1. The van der Waals surface area contributed by atoms with E-state index in [4.69, 9.17) is 9.47 Å². The highest BCUT2D eigenvalue weighted by atomic mass is 16.5. The summed E-state index contributed by atoms with van der Waals surface area (Å²) in [4.78, 5) is 0. The van der Waals surface area contributed by atoms with Gasteiger partial charge in [0, 0.05) is 12.6 Å². The second-order valence-electron chi connectivity index (χ2n) is 5.64. The van der Waals surface area contributed by atoms with Crippen LogP contribution in [0, 0.1) is 0 Å². The molecule has 2 rings (SSSR count). The summed E-state index contributed by atoms with van der Waals surface area (Å²) < 4.78 is 11.3. The van der Waals surface area contributed by atoms with Crippen LogP contribution in [0.3, 0.4) is 0 Å². The molecule has 2 N–H and O–H groups in total. The Hall–Kier alpha value is -0.160. The summed E-state index contributed by atoms with van der Waals surface area (Å²) in [5.74, 6) is 0. The monoisotopic (exact) mass is 243 g/mol. The van der Waals surface area contributed by atoms with Crippen molar-refractivity contribution < 1.29 is 14.6 Å². The van der Waals surface area contributed by atoms with Crippen molar-refractivity contribution in [3.63, 3.8) is 0 Å². The topological polar surface area (TPSA) is 50.7 Å². The van der Waals surface area contributed by atoms with E-state index in [-0.39, 0.29) is 18.2 Å². The second kappa shape index (κ2) is 6.14. The van der Waals surface area contributed by atoms with Gasteiger partial charge in [-0.05, 0) is 39.0 Å². The average molecular weight is 243 g/mol. The van der Waals surface area contributed by atoms with Gasteiger partial charge in [0.05, 0.1) is 31.5 Å². The average Bonchev–Trinajstić information content (AvgIpc) is 3.14. The molecule has 1 aliphatic heterocycles. The van der Waals surface area contributed by atoms with Crippen LogP contribution in [0.1, 0.15) is 39.0 Å². The van der Waals surface area contributed by atoms with E-state index >= 15 is 0 Å². The van der Waals surface area contributed by atoms with Crippen LogP contribution >= 0.6 is 0 Å². The fourth-order valence-corrected chi connectivity index (χ4v) is 2.21. The Kier molecular flexibility index (Phi) is 4.79. The minimum absolute atomic E-state index is 0.120. The number of hydrogen-bond donors (Lipinski definition) is 2. The minimum atomic E-state index is -0.296. The number of ether oxygens (including phenoxy) is 2. The van der Waals surface area contributed by atoms with Crippen molar-refractivity contribution in [2.75, 3.05) is 26.4 Å². The van der Waals surface area contributed by atoms with Gasteiger partial charge in [0.15, 0.2) is 0 Å². The van der Waals surface area contributed by atoms with E-state index in [1.54, 1.807) is 0 Å². The van der Waals surface area contributed by atoms with Crippen LogP contribution in [0.25, 0.3) is 0 Å². The fourth-order valence-electron chi connectivity index (χ4n) is 2.21. The molecule has 0 aromatic heterocycles. The number of aliphatic hydroxyl groups is 1. The zero-order valence-corrected chi connectivity index (χ0v) is 10.8. The molecule has 2 atom stereocenters. The quantitative estimate of drug-likeness (QED) is 0.702. The van der Waals surface area contributed by atoms with Crippen molar-refractivity contribution in [3.8, 4) is 0 Å². The van der Waals surface area contributed by atoms with Gasteiger partial charge in [-0.1, -0.05) is 0 Å². The molecule has 2 unspecified atom stereocenters. The lowest BCUT2D eigenvalue weighted by molar-refractivity contribution is -0.0555. The molecule has 0 aromatic carbocycles. The summed E-state index contributed by atoms with van der Waals surface area (Å²) in [6.07, 6.45) is 6.22. The van der Waals surface area contributed by atoms with E-state index in [1.807, 2.05) is 6.92 Å². The van der Waals surface area contributed by atoms with Crippen LogP contribution in [0.2, 0.25) is 0 Å². The van der Waals surface area contributed by atoms with Crippen molar-refractivity contribution in [3.05, 3.63) is 0 Å². The van der Waals surface area contributed by atoms with Gasteiger partial charge in [0.2, 0.25) is 0 Å². The second-order valence-corrected chi connectivity index (χ2v) is 5.64. The fraction of sp³-hybridized carbons (Fsp3) is 1.00. The first kappa shape index (κ1) is 13.3. The van der Waals surface area contributed by atoms with Gasteiger partial charge in [0.25, 0.3) is 0 Å². The van der Waals surface area contributed by atoms with E-state index in [9.17, 15) is 5.11 Å². The standard InChI is InChI=1S/C13H25NO3/c1-13(9-15,14-11-5-6-11)10-16-8-12-4-2-3-7-17-12/h11-12,14-15H,2-10H2,1H3. The molecule has 4 heteroatoms. The van der Waals surface area contributed by atoms with Gasteiger partial charge in [-0.3, -0.25) is 0 Å². The lowest BCUT2D eigenvalue weighted by atomic mass is 10.1. The Morgan fingerprint density at radius 2 is 2.18 bits per heavy atom. The van der Waals surface area contributed by atoms with Crippen LogP contribution in [0.4, 0.5) is 0 Å². The predicted molar refractivity (Wildman–Crippen MR) is 66.1 cm³/mol. The number of rotatable bonds is 7.